The molecule has 0 radical (unpaired) electrons. The van der Waals surface area contributed by atoms with Crippen LogP contribution < -0.4 is 5.90 Å². The van der Waals surface area contributed by atoms with Crippen molar-refractivity contribution < 1.29 is 4.84 Å². The zero-order valence-electron chi connectivity index (χ0n) is 9.20. The van der Waals surface area contributed by atoms with Crippen molar-refractivity contribution in [2.75, 3.05) is 6.61 Å². The van der Waals surface area contributed by atoms with E-state index in [-0.39, 0.29) is 5.41 Å². The first-order chi connectivity index (χ1) is 6.47. The Morgan fingerprint density at radius 3 is 2.64 bits per heavy atom. The maximum atomic E-state index is 5.09. The van der Waals surface area contributed by atoms with E-state index >= 15 is 0 Å². The fourth-order valence-electron chi connectivity index (χ4n) is 1.15. The Morgan fingerprint density at radius 1 is 1.57 bits per heavy atom. The van der Waals surface area contributed by atoms with Crippen LogP contribution in [0.4, 0.5) is 0 Å². The van der Waals surface area contributed by atoms with E-state index < -0.39 is 0 Å². The molecule has 3 nitrogen and oxygen atoms in total. The van der Waals surface area contributed by atoms with Crippen molar-refractivity contribution in [1.29, 1.82) is 0 Å². The maximum Gasteiger partial charge on any atom is 0.0953 e. The van der Waals surface area contributed by atoms with E-state index in [9.17, 15) is 0 Å². The predicted molar refractivity (Wildman–Crippen MR) is 59.4 cm³/mol. The second-order valence-corrected chi connectivity index (χ2v) is 5.31. The van der Waals surface area contributed by atoms with Crippen LogP contribution >= 0.6 is 11.3 Å². The van der Waals surface area contributed by atoms with Gasteiger partial charge in [-0.2, -0.15) is 0 Å². The van der Waals surface area contributed by atoms with Crippen LogP contribution in [0.3, 0.4) is 0 Å². The Bertz CT molecular complexity index is 294. The molecule has 0 saturated carbocycles. The number of thiazole rings is 1. The molecule has 0 amide bonds. The van der Waals surface area contributed by atoms with Crippen LogP contribution in [-0.2, 0) is 10.3 Å². The van der Waals surface area contributed by atoms with Crippen LogP contribution in [0, 0.1) is 0 Å². The fourth-order valence-corrected chi connectivity index (χ4v) is 2.17. The standard InChI is InChI=1S/C10H18N2OS/c1-7(2)9-12-8(5-14-9)10(3,4)6-13-11/h5,7H,6,11H2,1-4H3. The molecule has 0 aliphatic carbocycles. The van der Waals surface area contributed by atoms with Gasteiger partial charge in [0.05, 0.1) is 17.3 Å². The lowest BCUT2D eigenvalue weighted by Crippen LogP contribution is -2.26. The van der Waals surface area contributed by atoms with Crippen LogP contribution in [0.2, 0.25) is 0 Å². The average Bonchev–Trinajstić information content (AvgIpc) is 2.51. The molecule has 0 fully saturated rings. The summed E-state index contributed by atoms with van der Waals surface area (Å²) in [5.74, 6) is 5.58. The lowest BCUT2D eigenvalue weighted by atomic mass is 9.91. The topological polar surface area (TPSA) is 48.1 Å². The third-order valence-corrected chi connectivity index (χ3v) is 3.30. The minimum Gasteiger partial charge on any atom is -0.304 e. The van der Waals surface area contributed by atoms with Crippen molar-refractivity contribution in [3.05, 3.63) is 16.1 Å². The second kappa shape index (κ2) is 4.38. The number of hydrogen-bond acceptors (Lipinski definition) is 4. The van der Waals surface area contributed by atoms with Crippen molar-refractivity contribution in [2.45, 2.75) is 39.0 Å². The highest BCUT2D eigenvalue weighted by atomic mass is 32.1. The highest BCUT2D eigenvalue weighted by Gasteiger charge is 2.24. The van der Waals surface area contributed by atoms with Crippen molar-refractivity contribution >= 4 is 11.3 Å². The van der Waals surface area contributed by atoms with E-state index in [0.717, 1.165) is 5.69 Å². The molecule has 0 aliphatic rings. The van der Waals surface area contributed by atoms with Crippen LogP contribution in [0.5, 0.6) is 0 Å². The van der Waals surface area contributed by atoms with Gasteiger partial charge in [0.25, 0.3) is 0 Å². The number of nitrogens with zero attached hydrogens (tertiary/aromatic N) is 1. The quantitative estimate of drug-likeness (QED) is 0.783. The first-order valence-electron chi connectivity index (χ1n) is 4.75. The third kappa shape index (κ3) is 2.53. The number of rotatable bonds is 4. The second-order valence-electron chi connectivity index (χ2n) is 4.42. The Morgan fingerprint density at radius 2 is 2.21 bits per heavy atom. The Kier molecular flexibility index (Phi) is 3.64. The van der Waals surface area contributed by atoms with E-state index in [1.165, 1.54) is 5.01 Å². The van der Waals surface area contributed by atoms with Gasteiger partial charge in [-0.1, -0.05) is 27.7 Å². The molecule has 4 heteroatoms. The molecule has 0 spiro atoms. The minimum atomic E-state index is -0.0988. The van der Waals surface area contributed by atoms with Gasteiger partial charge in [0.1, 0.15) is 0 Å². The molecule has 1 aromatic rings. The van der Waals surface area contributed by atoms with Crippen LogP contribution in [0.1, 0.15) is 44.3 Å². The molecule has 0 saturated heterocycles. The molecule has 0 atom stereocenters. The molecule has 0 aromatic carbocycles. The first-order valence-corrected chi connectivity index (χ1v) is 5.63. The van der Waals surface area contributed by atoms with Gasteiger partial charge in [-0.25, -0.2) is 10.9 Å². The lowest BCUT2D eigenvalue weighted by Gasteiger charge is -2.20. The molecule has 80 valence electrons. The summed E-state index contributed by atoms with van der Waals surface area (Å²) < 4.78 is 0. The van der Waals surface area contributed by atoms with Gasteiger partial charge >= 0.3 is 0 Å². The van der Waals surface area contributed by atoms with Gasteiger partial charge in [0.2, 0.25) is 0 Å². The zero-order chi connectivity index (χ0) is 10.8. The first kappa shape index (κ1) is 11.6. The van der Waals surface area contributed by atoms with Gasteiger partial charge in [-0.05, 0) is 0 Å². The predicted octanol–water partition coefficient (Wildman–Crippen LogP) is 2.43. The fraction of sp³-hybridized carbons (Fsp3) is 0.700. The van der Waals surface area contributed by atoms with E-state index in [1.54, 1.807) is 11.3 Å². The summed E-state index contributed by atoms with van der Waals surface area (Å²) in [7, 11) is 0. The van der Waals surface area contributed by atoms with Crippen molar-refractivity contribution in [2.24, 2.45) is 5.90 Å². The summed E-state index contributed by atoms with van der Waals surface area (Å²) in [6, 6.07) is 0. The number of aromatic nitrogens is 1. The van der Waals surface area contributed by atoms with Crippen LogP contribution in [-0.4, -0.2) is 11.6 Å². The van der Waals surface area contributed by atoms with Crippen LogP contribution in [0.25, 0.3) is 0 Å². The van der Waals surface area contributed by atoms with Crippen molar-refractivity contribution in [1.82, 2.24) is 4.98 Å². The van der Waals surface area contributed by atoms with Gasteiger partial charge in [0, 0.05) is 16.7 Å². The van der Waals surface area contributed by atoms with Gasteiger partial charge < -0.3 is 4.84 Å². The molecule has 0 unspecified atom stereocenters. The van der Waals surface area contributed by atoms with Crippen molar-refractivity contribution in [3.63, 3.8) is 0 Å². The summed E-state index contributed by atoms with van der Waals surface area (Å²) in [5, 5.41) is 3.26. The minimum absolute atomic E-state index is 0.0988. The molecule has 0 bridgehead atoms. The molecule has 0 aliphatic heterocycles. The smallest absolute Gasteiger partial charge is 0.0953 e. The molecule has 2 N–H and O–H groups in total. The number of hydrogen-bond donors (Lipinski definition) is 1. The van der Waals surface area contributed by atoms with Gasteiger partial charge in [-0.15, -0.1) is 11.3 Å². The SMILES string of the molecule is CC(C)c1nc(C(C)(C)CON)cs1. The lowest BCUT2D eigenvalue weighted by molar-refractivity contribution is 0.0951. The summed E-state index contributed by atoms with van der Waals surface area (Å²) in [5.41, 5.74) is 0.968. The van der Waals surface area contributed by atoms with E-state index in [0.29, 0.717) is 12.5 Å². The molecule has 14 heavy (non-hydrogen) atoms. The Hall–Kier alpha value is -0.450. The molecule has 1 heterocycles. The average molecular weight is 214 g/mol. The zero-order valence-corrected chi connectivity index (χ0v) is 10.0. The molecular formula is C10H18N2OS. The normalized spacial score (nSPS) is 12.4. The van der Waals surface area contributed by atoms with Gasteiger partial charge in [0.15, 0.2) is 0 Å². The van der Waals surface area contributed by atoms with Gasteiger partial charge in [-0.3, -0.25) is 0 Å². The van der Waals surface area contributed by atoms with E-state index in [4.69, 9.17) is 10.7 Å². The summed E-state index contributed by atoms with van der Waals surface area (Å²) in [6.45, 7) is 8.95. The Labute approximate surface area is 89.3 Å². The maximum absolute atomic E-state index is 5.09. The molecule has 1 aromatic heterocycles. The number of nitrogens with two attached hydrogens (primary N) is 1. The summed E-state index contributed by atoms with van der Waals surface area (Å²) in [6.07, 6.45) is 0. The van der Waals surface area contributed by atoms with E-state index in [2.05, 4.69) is 38.1 Å². The summed E-state index contributed by atoms with van der Waals surface area (Å²) in [4.78, 5) is 9.28. The highest BCUT2D eigenvalue weighted by molar-refractivity contribution is 7.09. The van der Waals surface area contributed by atoms with E-state index in [1.807, 2.05) is 0 Å². The molecular weight excluding hydrogens is 196 g/mol. The van der Waals surface area contributed by atoms with Crippen LogP contribution in [0.15, 0.2) is 5.38 Å². The summed E-state index contributed by atoms with van der Waals surface area (Å²) >= 11 is 1.70. The Balaban J connectivity index is 2.85. The highest BCUT2D eigenvalue weighted by Crippen LogP contribution is 2.27. The van der Waals surface area contributed by atoms with Crippen molar-refractivity contribution in [3.8, 4) is 0 Å². The third-order valence-electron chi connectivity index (χ3n) is 2.15. The largest absolute Gasteiger partial charge is 0.304 e. The molecule has 1 rings (SSSR count). The monoisotopic (exact) mass is 214 g/mol.